The zero-order chi connectivity index (χ0) is 14.8. The highest BCUT2D eigenvalue weighted by atomic mass is 35.5. The Morgan fingerprint density at radius 1 is 1.20 bits per heavy atom. The molecule has 0 aliphatic rings. The number of ether oxygens (including phenoxy) is 1. The van der Waals surface area contributed by atoms with Crippen LogP contribution < -0.4 is 4.74 Å². The first-order valence-electron chi connectivity index (χ1n) is 5.72. The molecule has 2 aromatic carbocycles. The van der Waals surface area contributed by atoms with E-state index in [1.165, 1.54) is 30.3 Å². The number of hydrogen-bond acceptors (Lipinski definition) is 3. The molecule has 0 saturated heterocycles. The lowest BCUT2D eigenvalue weighted by Gasteiger charge is -2.10. The van der Waals surface area contributed by atoms with Gasteiger partial charge in [0.05, 0.1) is 10.8 Å². The lowest BCUT2D eigenvalue weighted by molar-refractivity contribution is 0.474. The molecule has 0 radical (unpaired) electrons. The molecule has 0 fully saturated rings. The van der Waals surface area contributed by atoms with Crippen molar-refractivity contribution in [3.8, 4) is 11.5 Å². The van der Waals surface area contributed by atoms with Gasteiger partial charge >= 0.3 is 0 Å². The molecule has 0 heterocycles. The monoisotopic (exact) mass is 314 g/mol. The largest absolute Gasteiger partial charge is 0.457 e. The van der Waals surface area contributed by atoms with Crippen LogP contribution in [0.5, 0.6) is 11.5 Å². The molecule has 0 spiro atoms. The summed E-state index contributed by atoms with van der Waals surface area (Å²) in [7, 11) is -3.31. The van der Waals surface area contributed by atoms with Crippen LogP contribution in [0.2, 0.25) is 0 Å². The first-order valence-corrected chi connectivity index (χ1v) is 8.15. The van der Waals surface area contributed by atoms with Gasteiger partial charge in [-0.15, -0.1) is 11.6 Å². The molecule has 2 aromatic rings. The van der Waals surface area contributed by atoms with Crippen molar-refractivity contribution in [3.05, 3.63) is 53.8 Å². The van der Waals surface area contributed by atoms with E-state index in [9.17, 15) is 12.8 Å². The first-order chi connectivity index (χ1) is 9.40. The lowest BCUT2D eigenvalue weighted by atomic mass is 10.2. The lowest BCUT2D eigenvalue weighted by Crippen LogP contribution is -1.97. The second kappa shape index (κ2) is 5.81. The van der Waals surface area contributed by atoms with Gasteiger partial charge in [-0.2, -0.15) is 0 Å². The summed E-state index contributed by atoms with van der Waals surface area (Å²) in [4.78, 5) is 0.157. The SMILES string of the molecule is CS(=O)(=O)c1cccc(Oc2ccc(F)cc2CCl)c1. The van der Waals surface area contributed by atoms with E-state index in [4.69, 9.17) is 16.3 Å². The molecule has 0 aliphatic heterocycles. The Kier molecular flexibility index (Phi) is 4.30. The van der Waals surface area contributed by atoms with Crippen LogP contribution in [0.3, 0.4) is 0 Å². The zero-order valence-corrected chi connectivity index (χ0v) is 12.2. The molecule has 20 heavy (non-hydrogen) atoms. The predicted molar refractivity (Wildman–Crippen MR) is 75.6 cm³/mol. The summed E-state index contributed by atoms with van der Waals surface area (Å²) in [5.74, 6) is 0.439. The summed E-state index contributed by atoms with van der Waals surface area (Å²) in [6.07, 6.45) is 1.12. The van der Waals surface area contributed by atoms with E-state index < -0.39 is 15.7 Å². The zero-order valence-electron chi connectivity index (χ0n) is 10.6. The molecule has 3 nitrogen and oxygen atoms in total. The van der Waals surface area contributed by atoms with E-state index in [1.807, 2.05) is 0 Å². The molecule has 106 valence electrons. The normalized spacial score (nSPS) is 11.3. The smallest absolute Gasteiger partial charge is 0.175 e. The van der Waals surface area contributed by atoms with Gasteiger partial charge in [0.2, 0.25) is 0 Å². The van der Waals surface area contributed by atoms with Crippen molar-refractivity contribution in [3.63, 3.8) is 0 Å². The van der Waals surface area contributed by atoms with E-state index in [0.717, 1.165) is 6.26 Å². The summed E-state index contributed by atoms with van der Waals surface area (Å²) < 4.78 is 41.6. The fourth-order valence-electron chi connectivity index (χ4n) is 1.65. The van der Waals surface area contributed by atoms with Crippen molar-refractivity contribution in [2.24, 2.45) is 0 Å². The fourth-order valence-corrected chi connectivity index (χ4v) is 2.51. The van der Waals surface area contributed by atoms with Crippen LogP contribution >= 0.6 is 11.6 Å². The van der Waals surface area contributed by atoms with Gasteiger partial charge in [-0.3, -0.25) is 0 Å². The maximum atomic E-state index is 13.1. The molecular weight excluding hydrogens is 303 g/mol. The minimum atomic E-state index is -3.31. The van der Waals surface area contributed by atoms with Crippen LogP contribution in [0.1, 0.15) is 5.56 Å². The molecule has 0 aliphatic carbocycles. The van der Waals surface area contributed by atoms with E-state index >= 15 is 0 Å². The third-order valence-corrected chi connectivity index (χ3v) is 4.03. The highest BCUT2D eigenvalue weighted by molar-refractivity contribution is 7.90. The van der Waals surface area contributed by atoms with Gasteiger partial charge in [0.1, 0.15) is 17.3 Å². The maximum absolute atomic E-state index is 13.1. The van der Waals surface area contributed by atoms with Crippen LogP contribution in [-0.2, 0) is 15.7 Å². The van der Waals surface area contributed by atoms with Crippen LogP contribution in [0, 0.1) is 5.82 Å². The van der Waals surface area contributed by atoms with Crippen molar-refractivity contribution in [1.82, 2.24) is 0 Å². The summed E-state index contributed by atoms with van der Waals surface area (Å²) in [6, 6.07) is 10.1. The molecular formula is C14H12ClFO3S. The van der Waals surface area contributed by atoms with E-state index in [2.05, 4.69) is 0 Å². The van der Waals surface area contributed by atoms with Gasteiger partial charge in [-0.1, -0.05) is 6.07 Å². The van der Waals surface area contributed by atoms with Gasteiger partial charge in [0, 0.05) is 11.8 Å². The van der Waals surface area contributed by atoms with E-state index in [0.29, 0.717) is 17.1 Å². The Morgan fingerprint density at radius 2 is 1.95 bits per heavy atom. The van der Waals surface area contributed by atoms with Gasteiger partial charge in [-0.05, 0) is 36.4 Å². The van der Waals surface area contributed by atoms with Crippen LogP contribution in [0.4, 0.5) is 4.39 Å². The number of rotatable bonds is 4. The Labute approximate surface area is 121 Å². The van der Waals surface area contributed by atoms with Crippen molar-refractivity contribution in [2.75, 3.05) is 6.26 Å². The quantitative estimate of drug-likeness (QED) is 0.807. The summed E-state index contributed by atoms with van der Waals surface area (Å²) in [5, 5.41) is 0. The van der Waals surface area contributed by atoms with Gasteiger partial charge in [0.25, 0.3) is 0 Å². The molecule has 6 heteroatoms. The topological polar surface area (TPSA) is 43.4 Å². The first kappa shape index (κ1) is 14.8. The maximum Gasteiger partial charge on any atom is 0.175 e. The standard InChI is InChI=1S/C14H12ClFO3S/c1-20(17,18)13-4-2-3-12(8-13)19-14-6-5-11(16)7-10(14)9-15/h2-8H,9H2,1H3. The summed E-state index contributed by atoms with van der Waals surface area (Å²) in [5.41, 5.74) is 0.497. The molecule has 0 bridgehead atoms. The second-order valence-electron chi connectivity index (χ2n) is 4.23. The van der Waals surface area contributed by atoms with Gasteiger partial charge < -0.3 is 4.74 Å². The Morgan fingerprint density at radius 3 is 2.60 bits per heavy atom. The molecule has 0 atom stereocenters. The van der Waals surface area contributed by atoms with Gasteiger partial charge in [-0.25, -0.2) is 12.8 Å². The number of halogens is 2. The predicted octanol–water partition coefficient (Wildman–Crippen LogP) is 3.76. The van der Waals surface area contributed by atoms with E-state index in [-0.39, 0.29) is 10.8 Å². The van der Waals surface area contributed by atoms with Crippen LogP contribution in [0.25, 0.3) is 0 Å². The van der Waals surface area contributed by atoms with E-state index in [1.54, 1.807) is 12.1 Å². The summed E-state index contributed by atoms with van der Waals surface area (Å²) >= 11 is 5.73. The number of hydrogen-bond donors (Lipinski definition) is 0. The highest BCUT2D eigenvalue weighted by Gasteiger charge is 2.10. The van der Waals surface area contributed by atoms with Crippen molar-refractivity contribution in [2.45, 2.75) is 10.8 Å². The third kappa shape index (κ3) is 3.49. The van der Waals surface area contributed by atoms with Crippen molar-refractivity contribution < 1.29 is 17.5 Å². The molecule has 0 saturated carbocycles. The Balaban J connectivity index is 2.36. The fraction of sp³-hybridized carbons (Fsp3) is 0.143. The summed E-state index contributed by atoms with van der Waals surface area (Å²) in [6.45, 7) is 0. The minimum absolute atomic E-state index is 0.0961. The number of alkyl halides is 1. The molecule has 0 N–H and O–H groups in total. The highest BCUT2D eigenvalue weighted by Crippen LogP contribution is 2.28. The molecule has 0 aromatic heterocycles. The minimum Gasteiger partial charge on any atom is -0.457 e. The van der Waals surface area contributed by atoms with Crippen LogP contribution in [-0.4, -0.2) is 14.7 Å². The van der Waals surface area contributed by atoms with Gasteiger partial charge in [0.15, 0.2) is 9.84 Å². The molecule has 0 amide bonds. The molecule has 0 unspecified atom stereocenters. The average molecular weight is 315 g/mol. The third-order valence-electron chi connectivity index (χ3n) is 2.63. The molecule has 2 rings (SSSR count). The number of sulfone groups is 1. The second-order valence-corrected chi connectivity index (χ2v) is 6.52. The average Bonchev–Trinajstić information content (AvgIpc) is 2.40. The van der Waals surface area contributed by atoms with Crippen molar-refractivity contribution >= 4 is 21.4 Å². The Bertz CT molecular complexity index is 729. The van der Waals surface area contributed by atoms with Crippen LogP contribution in [0.15, 0.2) is 47.4 Å². The van der Waals surface area contributed by atoms with Crippen molar-refractivity contribution in [1.29, 1.82) is 0 Å². The number of benzene rings is 2. The Hall–Kier alpha value is -1.59.